The molecule has 4 rings (SSSR count). The number of carbonyl (C=O) groups is 5. The summed E-state index contributed by atoms with van der Waals surface area (Å²) in [7, 11) is 1.41. The van der Waals surface area contributed by atoms with E-state index in [0.29, 0.717) is 93.5 Å². The Bertz CT molecular complexity index is 3380. The SMILES string of the molecule is C.C.C.C.C.C.C.C.C.C.C/C(=N\NC(=O)C(C)C)C(C)C.CC(C)C1CC(=O)N(C(C)C)C1=O.CC(C)C=NOC(C)C.CC(C)CC(=O)CC(C)C.CC(C)CCC(CC(=O)O)C(C)C.CC(C)CS(=O)(=O)c1ccc(C(C)C)cc1.CC(C)SSC(C)(C)C(C)C.CC(C)SSC(C)C(C)C.CC(C)[N-]S(=O)(=O)c1ccc(C(C)C)cc1.CC(C)c1cn(C(C)C)nn1.[Rb+]. The van der Waals surface area contributed by atoms with E-state index in [1.807, 2.05) is 168 Å². The van der Waals surface area contributed by atoms with Crippen molar-refractivity contribution in [2.45, 2.75) is 490 Å². The summed E-state index contributed by atoms with van der Waals surface area (Å²) in [6.07, 6.45) is 8.39. The van der Waals surface area contributed by atoms with Crippen molar-refractivity contribution in [1.29, 1.82) is 0 Å². The number of carbonyl (C=O) groups excluding carboxylic acids is 4. The summed E-state index contributed by atoms with van der Waals surface area (Å²) in [6, 6.07) is 14.4. The first-order chi connectivity index (χ1) is 55.1. The zero-order valence-corrected chi connectivity index (χ0v) is 95.4. The molecule has 0 aliphatic carbocycles. The van der Waals surface area contributed by atoms with Gasteiger partial charge in [0.25, 0.3) is 0 Å². The maximum atomic E-state index is 11.9. The number of sulfone groups is 1. The smallest absolute Gasteiger partial charge is 0.542 e. The van der Waals surface area contributed by atoms with Crippen LogP contribution in [0.5, 0.6) is 0 Å². The van der Waals surface area contributed by atoms with Gasteiger partial charge in [-0.2, -0.15) is 5.10 Å². The van der Waals surface area contributed by atoms with Gasteiger partial charge in [0.15, 0.2) is 9.84 Å². The Morgan fingerprint density at radius 3 is 1.24 bits per heavy atom. The van der Waals surface area contributed by atoms with E-state index in [0.717, 1.165) is 70.2 Å². The second kappa shape index (κ2) is 91.0. The average Bonchev–Trinajstić information content (AvgIpc) is 1.57. The van der Waals surface area contributed by atoms with E-state index in [2.05, 4.69) is 232 Å². The van der Waals surface area contributed by atoms with Crippen molar-refractivity contribution in [3.63, 3.8) is 0 Å². The molecule has 2 heterocycles. The van der Waals surface area contributed by atoms with Gasteiger partial charge in [0.05, 0.1) is 16.3 Å². The molecule has 3 unspecified atom stereocenters. The number of hydrogen-bond acceptors (Lipinski definition) is 18. The molecular formula is C106H221N8O11RbS6. The zero-order valence-electron chi connectivity index (χ0n) is 85.6. The maximum absolute atomic E-state index is 11.9. The minimum Gasteiger partial charge on any atom is -0.542 e. The van der Waals surface area contributed by atoms with Crippen LogP contribution in [0.25, 0.3) is 4.72 Å². The molecule has 3 atom stereocenters. The van der Waals surface area contributed by atoms with Crippen molar-refractivity contribution in [2.24, 2.45) is 87.2 Å². The molecule has 132 heavy (non-hydrogen) atoms. The van der Waals surface area contributed by atoms with Crippen molar-refractivity contribution < 1.29 is 109 Å². The van der Waals surface area contributed by atoms with Crippen LogP contribution in [0.2, 0.25) is 0 Å². The number of nitrogens with zero attached hydrogens (tertiary/aromatic N) is 7. The van der Waals surface area contributed by atoms with Gasteiger partial charge in [0.2, 0.25) is 17.7 Å². The van der Waals surface area contributed by atoms with Crippen molar-refractivity contribution in [3.8, 4) is 0 Å². The van der Waals surface area contributed by atoms with Crippen molar-refractivity contribution >= 4 is 104 Å². The number of nitrogens with one attached hydrogen (secondary N) is 1. The quantitative estimate of drug-likeness (QED) is 0.0237. The molecule has 0 bridgehead atoms. The summed E-state index contributed by atoms with van der Waals surface area (Å²) >= 11 is 0. The number of aliphatic carboxylic acids is 1. The normalized spacial score (nSPS) is 12.6. The van der Waals surface area contributed by atoms with Crippen LogP contribution in [0.4, 0.5) is 0 Å². The summed E-state index contributed by atoms with van der Waals surface area (Å²) in [4.78, 5) is 62.8. The Labute approximate surface area is 888 Å². The molecule has 0 radical (unpaired) electrons. The number of aromatic nitrogens is 3. The molecule has 19 nitrogen and oxygen atoms in total. The molecule has 2 N–H and O–H groups in total. The minimum absolute atomic E-state index is 0. The number of amides is 3. The van der Waals surface area contributed by atoms with Crippen molar-refractivity contribution in [3.05, 3.63) is 76.3 Å². The second-order valence-corrected chi connectivity index (χ2v) is 48.9. The Morgan fingerprint density at radius 2 is 0.977 bits per heavy atom. The van der Waals surface area contributed by atoms with Crippen molar-refractivity contribution in [2.75, 3.05) is 5.75 Å². The zero-order chi connectivity index (χ0) is 96.1. The van der Waals surface area contributed by atoms with E-state index in [1.165, 1.54) is 10.5 Å². The van der Waals surface area contributed by atoms with E-state index in [-0.39, 0.29) is 203 Å². The Hall–Kier alpha value is -2.46. The van der Waals surface area contributed by atoms with E-state index in [4.69, 9.17) is 9.94 Å². The van der Waals surface area contributed by atoms with Gasteiger partial charge in [-0.3, -0.25) is 28.9 Å². The van der Waals surface area contributed by atoms with Crippen LogP contribution in [-0.2, 0) is 48.7 Å². The molecule has 1 aliphatic rings. The molecule has 0 saturated carbocycles. The molecule has 1 aromatic heterocycles. The molecule has 3 amide bonds. The second-order valence-electron chi connectivity index (χ2n) is 38.6. The fourth-order valence-electron chi connectivity index (χ4n) is 9.25. The molecule has 1 saturated heterocycles. The maximum Gasteiger partial charge on any atom is 1.00 e. The van der Waals surface area contributed by atoms with E-state index >= 15 is 0 Å². The van der Waals surface area contributed by atoms with Gasteiger partial charge in [0.1, 0.15) is 21.9 Å². The van der Waals surface area contributed by atoms with Crippen LogP contribution < -0.4 is 63.6 Å². The summed E-state index contributed by atoms with van der Waals surface area (Å²) in [5.41, 5.74) is 6.83. The number of likely N-dealkylation sites (tertiary alicyclic amines) is 1. The van der Waals surface area contributed by atoms with Gasteiger partial charge in [-0.25, -0.2) is 26.9 Å². The number of hydrogen-bond donors (Lipinski definition) is 2. The predicted octanol–water partition coefficient (Wildman–Crippen LogP) is 31.0. The third kappa shape index (κ3) is 91.3. The van der Waals surface area contributed by atoms with Gasteiger partial charge in [-0.15, -0.1) is 11.1 Å². The fourth-order valence-corrected chi connectivity index (χ4v) is 17.0. The average molecular weight is 2060 g/mol. The molecule has 26 heteroatoms. The number of oxime groups is 1. The Morgan fingerprint density at radius 1 is 0.553 bits per heavy atom. The monoisotopic (exact) mass is 2060 g/mol. The molecule has 788 valence electrons. The standard InChI is InChI=1S/C13H20O2S.C12H18NO2S.C11H22O2.C10H17NO2.C9H18N2O.C9H18O.C9H20S2.C8H15N3.C8H18S2.C7H15NO.10CH4.Rb/c1-10(2)9-16(14,15)13-7-5-12(6-8-13)11(3)4;1-9(2)11-5-7-12(8-6-11)16(14,15)13-10(3)4;1-8(2)5-6-10(9(3)4)7-11(12)13;1-6(2)8-5-9(12)11(7(3)4)10(8)13;1-6(2)8(5)10-11-9(12)7(3)4;1-7(2)5-9(10)6-8(3)4;1-7(2)9(5,6)11-10-8(3)4;1-6(2)8-5-11(7(3)4)10-9-8;1-6(2)8(5)10-9-7(3)4;1-6(2)5-8-9-7(3)4;;;;;;;;;;;/h5-8,10-11H,9H2,1-4H3;5-10H,1-4H3;8-10H,5-7H2,1-4H3,(H,12,13);6-8H,5H2,1-4H3;6-7H,1-5H3,(H,11,12);7-8H,5-6H2,1-4H3;7-8H,1-6H3;5-7H,1-4H3;6-8H,1-5H3;5-7H,1-4H3;10*1H4;/q;-1;;;;;;;;;;;;;;;;;;;+1/b;;;;10-8+;;;;;;;;;;;;;;;;. The van der Waals surface area contributed by atoms with Gasteiger partial charge in [-0.1, -0.05) is 401 Å². The number of carboxylic acid groups (broad SMARTS) is 1. The molecule has 1 fully saturated rings. The number of Topliss-reactive ketones (excluding diaryl/α,β-unsaturated/α-hetero) is 1. The number of sulfonamides is 1. The summed E-state index contributed by atoms with van der Waals surface area (Å²) in [5.74, 6) is 6.52. The number of imide groups is 1. The largest absolute Gasteiger partial charge is 1.00 e. The topological polar surface area (TPSA) is 268 Å². The van der Waals surface area contributed by atoms with E-state index < -0.39 is 25.8 Å². The van der Waals surface area contributed by atoms with Gasteiger partial charge < -0.3 is 14.7 Å². The van der Waals surface area contributed by atoms with E-state index in [1.54, 1.807) is 44.3 Å². The van der Waals surface area contributed by atoms with Crippen LogP contribution in [0.15, 0.2) is 74.8 Å². The first kappa shape index (κ1) is 169. The van der Waals surface area contributed by atoms with Crippen LogP contribution in [-0.4, -0.2) is 128 Å². The minimum atomic E-state index is -3.48. The number of benzene rings is 2. The Kier molecular flexibility index (Phi) is 117. The Balaban J connectivity index is -0.0000000739. The molecule has 1 aliphatic heterocycles. The number of rotatable bonds is 36. The van der Waals surface area contributed by atoms with Crippen LogP contribution in [0, 0.1) is 76.9 Å². The summed E-state index contributed by atoms with van der Waals surface area (Å²) in [6.45, 7) is 91.4. The van der Waals surface area contributed by atoms with Crippen LogP contribution in [0.3, 0.4) is 0 Å². The van der Waals surface area contributed by atoms with Crippen molar-refractivity contribution in [1.82, 2.24) is 25.3 Å². The first-order valence-corrected chi connectivity index (χ1v) is 52.3. The third-order valence-electron chi connectivity index (χ3n) is 18.1. The molecule has 0 spiro atoms. The summed E-state index contributed by atoms with van der Waals surface area (Å²) in [5, 5.41) is 26.7. The predicted molar refractivity (Wildman–Crippen MR) is 598 cm³/mol. The van der Waals surface area contributed by atoms with Crippen LogP contribution in [0.1, 0.15) is 458 Å². The van der Waals surface area contributed by atoms with Gasteiger partial charge in [0, 0.05) is 93.1 Å². The van der Waals surface area contributed by atoms with Crippen LogP contribution >= 0.6 is 43.2 Å². The molecule has 3 aromatic rings. The third-order valence-corrected chi connectivity index (χ3v) is 29.6. The van der Waals surface area contributed by atoms with Gasteiger partial charge in [-0.05, 0) is 187 Å². The van der Waals surface area contributed by atoms with E-state index in [9.17, 15) is 40.8 Å². The number of ketones is 1. The molecular weight excluding hydrogens is 1840 g/mol. The summed E-state index contributed by atoms with van der Waals surface area (Å²) < 4.78 is 53.4. The first-order valence-electron chi connectivity index (χ1n) is 44.7. The van der Waals surface area contributed by atoms with Gasteiger partial charge >= 0.3 is 64.2 Å². The number of carboxylic acids is 1. The fraction of sp³-hybridized carbons (Fsp3) is 0.802. The molecule has 2 aromatic carbocycles. The number of hydrazone groups is 1.